The number of hydrogen-bond acceptors (Lipinski definition) is 3. The lowest BCUT2D eigenvalue weighted by Gasteiger charge is -2.23. The molecular weight excluding hydrogens is 266 g/mol. The first-order valence-corrected chi connectivity index (χ1v) is 4.59. The van der Waals surface area contributed by atoms with Gasteiger partial charge in [0.25, 0.3) is 6.10 Å². The summed E-state index contributed by atoms with van der Waals surface area (Å²) in [6.45, 7) is 0.0647. The van der Waals surface area contributed by atoms with Gasteiger partial charge in [-0.1, -0.05) is 6.07 Å². The molecule has 0 unspecified atom stereocenters. The predicted molar refractivity (Wildman–Crippen MR) is 48.7 cm³/mol. The Morgan fingerprint density at radius 3 is 2.00 bits per heavy atom. The highest BCUT2D eigenvalue weighted by Gasteiger charge is 2.59. The summed E-state index contributed by atoms with van der Waals surface area (Å²) in [5.74, 6) is -0.771. The molecule has 0 aromatic carbocycles. The summed E-state index contributed by atoms with van der Waals surface area (Å²) in [6, 6.07) is 2.12. The molecule has 0 radical (unpaired) electrons. The van der Waals surface area contributed by atoms with Gasteiger partial charge in [0.15, 0.2) is 0 Å². The second kappa shape index (κ2) is 5.01. The van der Waals surface area contributed by atoms with Crippen LogP contribution in [0.5, 0.6) is 5.88 Å². The van der Waals surface area contributed by atoms with Gasteiger partial charge in [-0.2, -0.15) is 26.3 Å². The van der Waals surface area contributed by atoms with E-state index in [1.54, 1.807) is 0 Å². The van der Waals surface area contributed by atoms with Crippen molar-refractivity contribution in [2.75, 3.05) is 0 Å². The van der Waals surface area contributed by atoms with E-state index < -0.39 is 24.3 Å². The van der Waals surface area contributed by atoms with Gasteiger partial charge in [-0.15, -0.1) is 0 Å². The minimum atomic E-state index is -5.56. The fourth-order valence-electron chi connectivity index (χ4n) is 1.04. The zero-order valence-corrected chi connectivity index (χ0v) is 8.72. The molecular formula is C9H8F6N2O. The molecule has 0 bridgehead atoms. The Morgan fingerprint density at radius 2 is 1.67 bits per heavy atom. The summed E-state index contributed by atoms with van der Waals surface area (Å²) < 4.78 is 76.8. The van der Waals surface area contributed by atoms with E-state index in [-0.39, 0.29) is 6.54 Å². The summed E-state index contributed by atoms with van der Waals surface area (Å²) in [5.41, 5.74) is 5.66. The van der Waals surface area contributed by atoms with Crippen LogP contribution >= 0.6 is 0 Å². The third-order valence-corrected chi connectivity index (χ3v) is 1.87. The van der Waals surface area contributed by atoms with Gasteiger partial charge in [-0.25, -0.2) is 4.98 Å². The molecule has 0 aliphatic rings. The van der Waals surface area contributed by atoms with Crippen LogP contribution in [-0.2, 0) is 6.54 Å². The fourth-order valence-corrected chi connectivity index (χ4v) is 1.04. The largest absolute Gasteiger partial charge is 0.455 e. The van der Waals surface area contributed by atoms with Gasteiger partial charge in [0.2, 0.25) is 5.88 Å². The lowest BCUT2D eigenvalue weighted by molar-refractivity contribution is -0.300. The van der Waals surface area contributed by atoms with Crippen LogP contribution in [0.1, 0.15) is 5.56 Å². The monoisotopic (exact) mass is 274 g/mol. The van der Waals surface area contributed by atoms with Crippen molar-refractivity contribution in [2.24, 2.45) is 5.73 Å². The molecule has 0 aliphatic heterocycles. The molecule has 2 N–H and O–H groups in total. The Bertz CT molecular complexity index is 372. The number of hydrogen-bond donors (Lipinski definition) is 1. The van der Waals surface area contributed by atoms with E-state index in [2.05, 4.69) is 9.72 Å². The third-order valence-electron chi connectivity index (χ3n) is 1.87. The first kappa shape index (κ1) is 14.6. The van der Waals surface area contributed by atoms with Gasteiger partial charge in [-0.3, -0.25) is 0 Å². The van der Waals surface area contributed by atoms with Crippen LogP contribution in [0.3, 0.4) is 0 Å². The summed E-state index contributed by atoms with van der Waals surface area (Å²) in [7, 11) is 0. The average molecular weight is 274 g/mol. The highest BCUT2D eigenvalue weighted by molar-refractivity contribution is 5.18. The Kier molecular flexibility index (Phi) is 4.05. The van der Waals surface area contributed by atoms with E-state index in [4.69, 9.17) is 5.73 Å². The number of pyridine rings is 1. The van der Waals surface area contributed by atoms with Crippen LogP contribution in [0, 0.1) is 0 Å². The highest BCUT2D eigenvalue weighted by Crippen LogP contribution is 2.35. The van der Waals surface area contributed by atoms with Crippen LogP contribution in [0.2, 0.25) is 0 Å². The molecule has 0 saturated carbocycles. The van der Waals surface area contributed by atoms with Crippen molar-refractivity contribution in [1.82, 2.24) is 4.98 Å². The minimum Gasteiger partial charge on any atom is -0.455 e. The zero-order valence-electron chi connectivity index (χ0n) is 8.72. The maximum absolute atomic E-state index is 12.2. The molecule has 0 spiro atoms. The Balaban J connectivity index is 2.90. The molecule has 0 saturated heterocycles. The molecule has 102 valence electrons. The van der Waals surface area contributed by atoms with Crippen molar-refractivity contribution in [3.8, 4) is 5.88 Å². The van der Waals surface area contributed by atoms with Crippen LogP contribution in [0.25, 0.3) is 0 Å². The third kappa shape index (κ3) is 3.76. The molecule has 0 atom stereocenters. The number of alkyl halides is 6. The van der Waals surface area contributed by atoms with Crippen LogP contribution in [0.4, 0.5) is 26.3 Å². The molecule has 1 heterocycles. The smallest absolute Gasteiger partial charge is 0.434 e. The second-order valence-corrected chi connectivity index (χ2v) is 3.29. The molecule has 3 nitrogen and oxygen atoms in total. The van der Waals surface area contributed by atoms with Crippen molar-refractivity contribution >= 4 is 0 Å². The number of aromatic nitrogens is 1. The van der Waals surface area contributed by atoms with Crippen molar-refractivity contribution in [2.45, 2.75) is 25.0 Å². The van der Waals surface area contributed by atoms with Crippen molar-refractivity contribution in [1.29, 1.82) is 0 Å². The van der Waals surface area contributed by atoms with Gasteiger partial charge >= 0.3 is 12.4 Å². The lowest BCUT2D eigenvalue weighted by Crippen LogP contribution is -2.46. The maximum Gasteiger partial charge on any atom is 0.434 e. The molecule has 1 aromatic heterocycles. The Labute approximate surface area is 97.6 Å². The van der Waals surface area contributed by atoms with E-state index in [1.807, 2.05) is 0 Å². The van der Waals surface area contributed by atoms with Crippen LogP contribution in [-0.4, -0.2) is 23.4 Å². The van der Waals surface area contributed by atoms with Gasteiger partial charge in [0.05, 0.1) is 0 Å². The molecule has 18 heavy (non-hydrogen) atoms. The van der Waals surface area contributed by atoms with Crippen molar-refractivity contribution in [3.05, 3.63) is 23.9 Å². The quantitative estimate of drug-likeness (QED) is 0.861. The molecule has 1 aromatic rings. The number of rotatable bonds is 3. The molecule has 1 rings (SSSR count). The van der Waals surface area contributed by atoms with Crippen LogP contribution in [0.15, 0.2) is 18.3 Å². The highest BCUT2D eigenvalue weighted by atomic mass is 19.4. The van der Waals surface area contributed by atoms with E-state index in [9.17, 15) is 26.3 Å². The van der Waals surface area contributed by atoms with Crippen molar-refractivity contribution < 1.29 is 31.1 Å². The van der Waals surface area contributed by atoms with Crippen molar-refractivity contribution in [3.63, 3.8) is 0 Å². The van der Waals surface area contributed by atoms with E-state index in [0.29, 0.717) is 5.56 Å². The summed E-state index contributed by atoms with van der Waals surface area (Å²) in [5, 5.41) is 0. The van der Waals surface area contributed by atoms with E-state index in [0.717, 1.165) is 12.3 Å². The predicted octanol–water partition coefficient (Wildman–Crippen LogP) is 2.41. The summed E-state index contributed by atoms with van der Waals surface area (Å²) >= 11 is 0. The van der Waals surface area contributed by atoms with Gasteiger partial charge in [0.1, 0.15) is 0 Å². The number of ether oxygens (including phenoxy) is 1. The summed E-state index contributed by atoms with van der Waals surface area (Å²) in [6.07, 6.45) is -14.0. The standard InChI is InChI=1S/C9H8F6N2O/c10-8(11,12)7(9(13,14)15)18-6-2-1-5(3-16)4-17-6/h1-2,4,7H,3,16H2. The Morgan fingerprint density at radius 1 is 1.11 bits per heavy atom. The number of nitrogens with zero attached hydrogens (tertiary/aromatic N) is 1. The van der Waals surface area contributed by atoms with Gasteiger partial charge in [-0.05, 0) is 5.56 Å². The first-order valence-electron chi connectivity index (χ1n) is 4.59. The fraction of sp³-hybridized carbons (Fsp3) is 0.444. The topological polar surface area (TPSA) is 48.1 Å². The number of halogens is 6. The zero-order chi connectivity index (χ0) is 14.0. The molecule has 0 aliphatic carbocycles. The normalized spacial score (nSPS) is 12.9. The SMILES string of the molecule is NCc1ccc(OC(C(F)(F)F)C(F)(F)F)nc1. The molecule has 0 fully saturated rings. The minimum absolute atomic E-state index is 0.0647. The van der Waals surface area contributed by atoms with Gasteiger partial charge in [0, 0.05) is 18.8 Å². The van der Waals surface area contributed by atoms with Gasteiger partial charge < -0.3 is 10.5 Å². The van der Waals surface area contributed by atoms with E-state index >= 15 is 0 Å². The number of nitrogens with two attached hydrogens (primary N) is 1. The van der Waals surface area contributed by atoms with E-state index in [1.165, 1.54) is 6.07 Å². The molecule has 0 amide bonds. The molecule has 9 heteroatoms. The van der Waals surface area contributed by atoms with Crippen LogP contribution < -0.4 is 10.5 Å². The first-order chi connectivity index (χ1) is 8.14. The Hall–Kier alpha value is -1.51. The lowest BCUT2D eigenvalue weighted by atomic mass is 10.3. The maximum atomic E-state index is 12.2. The average Bonchev–Trinajstić information content (AvgIpc) is 2.23. The second-order valence-electron chi connectivity index (χ2n) is 3.29. The summed E-state index contributed by atoms with van der Waals surface area (Å²) in [4.78, 5) is 3.31.